The van der Waals surface area contributed by atoms with E-state index in [9.17, 15) is 0 Å². The molecule has 0 spiro atoms. The quantitative estimate of drug-likeness (QED) is 0.908. The van der Waals surface area contributed by atoms with Crippen molar-refractivity contribution in [1.82, 2.24) is 9.97 Å². The van der Waals surface area contributed by atoms with Crippen LogP contribution in [0.1, 0.15) is 19.5 Å². The van der Waals surface area contributed by atoms with Crippen molar-refractivity contribution >= 4 is 11.5 Å². The van der Waals surface area contributed by atoms with Gasteiger partial charge < -0.3 is 10.1 Å². The largest absolute Gasteiger partial charge is 0.491 e. The Morgan fingerprint density at radius 2 is 1.89 bits per heavy atom. The first kappa shape index (κ1) is 12.8. The zero-order chi connectivity index (χ0) is 13.7. The Kier molecular flexibility index (Phi) is 3.94. The van der Waals surface area contributed by atoms with Crippen LogP contribution in [0.25, 0.3) is 0 Å². The van der Waals surface area contributed by atoms with Crippen molar-refractivity contribution in [3.63, 3.8) is 0 Å². The summed E-state index contributed by atoms with van der Waals surface area (Å²) in [7, 11) is 0. The van der Waals surface area contributed by atoms with Crippen LogP contribution >= 0.6 is 0 Å². The zero-order valence-corrected chi connectivity index (χ0v) is 10.8. The van der Waals surface area contributed by atoms with E-state index >= 15 is 0 Å². The Labute approximate surface area is 111 Å². The monoisotopic (exact) mass is 254 g/mol. The van der Waals surface area contributed by atoms with Crippen LogP contribution in [0.3, 0.4) is 0 Å². The van der Waals surface area contributed by atoms with Gasteiger partial charge in [-0.1, -0.05) is 0 Å². The number of nitrogens with one attached hydrogen (secondary N) is 1. The maximum absolute atomic E-state index is 8.63. The fraction of sp³-hybridized carbons (Fsp3) is 0.214. The maximum atomic E-state index is 8.63. The molecular formula is C14H14N4O. The van der Waals surface area contributed by atoms with E-state index in [1.807, 2.05) is 44.2 Å². The summed E-state index contributed by atoms with van der Waals surface area (Å²) in [6.45, 7) is 3.97. The van der Waals surface area contributed by atoms with Gasteiger partial charge in [-0.05, 0) is 38.1 Å². The van der Waals surface area contributed by atoms with Gasteiger partial charge >= 0.3 is 0 Å². The minimum atomic E-state index is 0.156. The highest BCUT2D eigenvalue weighted by molar-refractivity contribution is 5.56. The molecule has 5 nitrogen and oxygen atoms in total. The first-order valence-electron chi connectivity index (χ1n) is 5.93. The van der Waals surface area contributed by atoms with Crippen LogP contribution in [0.5, 0.6) is 5.75 Å². The van der Waals surface area contributed by atoms with Gasteiger partial charge in [0.05, 0.1) is 18.5 Å². The standard InChI is InChI=1S/C14H14N4O/c1-10(2)19-13-5-3-11(4-6-13)18-14-9-16-12(7-15)8-17-14/h3-6,8-10H,1-2H3,(H,17,18). The third-order valence-electron chi connectivity index (χ3n) is 2.26. The number of hydrogen-bond acceptors (Lipinski definition) is 5. The van der Waals surface area contributed by atoms with Crippen LogP contribution in [-0.4, -0.2) is 16.1 Å². The first-order valence-corrected chi connectivity index (χ1v) is 5.93. The molecule has 5 heteroatoms. The van der Waals surface area contributed by atoms with Crippen molar-refractivity contribution in [2.24, 2.45) is 0 Å². The van der Waals surface area contributed by atoms with E-state index in [2.05, 4.69) is 15.3 Å². The number of anilines is 2. The van der Waals surface area contributed by atoms with Gasteiger partial charge in [0.2, 0.25) is 0 Å². The number of nitrogens with zero attached hydrogens (tertiary/aromatic N) is 3. The summed E-state index contributed by atoms with van der Waals surface area (Å²) < 4.78 is 5.56. The molecule has 0 amide bonds. The minimum Gasteiger partial charge on any atom is -0.491 e. The Morgan fingerprint density at radius 1 is 1.16 bits per heavy atom. The van der Waals surface area contributed by atoms with Crippen LogP contribution < -0.4 is 10.1 Å². The van der Waals surface area contributed by atoms with Gasteiger partial charge in [0.1, 0.15) is 17.6 Å². The number of aromatic nitrogens is 2. The topological polar surface area (TPSA) is 70.8 Å². The van der Waals surface area contributed by atoms with E-state index < -0.39 is 0 Å². The number of hydrogen-bond donors (Lipinski definition) is 1. The van der Waals surface area contributed by atoms with Crippen LogP contribution in [0.2, 0.25) is 0 Å². The van der Waals surface area contributed by atoms with Crippen LogP contribution in [0, 0.1) is 11.3 Å². The molecule has 1 aromatic carbocycles. The highest BCUT2D eigenvalue weighted by atomic mass is 16.5. The predicted octanol–water partition coefficient (Wildman–Crippen LogP) is 2.88. The third kappa shape index (κ3) is 3.68. The molecule has 0 aliphatic carbocycles. The molecule has 96 valence electrons. The lowest BCUT2D eigenvalue weighted by molar-refractivity contribution is 0.242. The normalized spacial score (nSPS) is 10.0. The molecule has 2 rings (SSSR count). The van der Waals surface area contributed by atoms with E-state index in [1.165, 1.54) is 12.4 Å². The van der Waals surface area contributed by atoms with Crippen molar-refractivity contribution in [3.8, 4) is 11.8 Å². The van der Waals surface area contributed by atoms with Gasteiger partial charge in [0.25, 0.3) is 0 Å². The lowest BCUT2D eigenvalue weighted by atomic mass is 10.3. The Balaban J connectivity index is 2.04. The molecule has 0 unspecified atom stereocenters. The molecule has 0 radical (unpaired) electrons. The Bertz CT molecular complexity index is 570. The van der Waals surface area contributed by atoms with Crippen molar-refractivity contribution in [2.45, 2.75) is 20.0 Å². The summed E-state index contributed by atoms with van der Waals surface area (Å²) in [5.41, 5.74) is 1.18. The lowest BCUT2D eigenvalue weighted by Crippen LogP contribution is -2.05. The molecule has 0 atom stereocenters. The average Bonchev–Trinajstić information content (AvgIpc) is 2.41. The molecule has 0 saturated carbocycles. The SMILES string of the molecule is CC(C)Oc1ccc(Nc2cnc(C#N)cn2)cc1. The molecular weight excluding hydrogens is 240 g/mol. The van der Waals surface area contributed by atoms with Crippen molar-refractivity contribution in [2.75, 3.05) is 5.32 Å². The molecule has 0 aliphatic heterocycles. The second kappa shape index (κ2) is 5.83. The summed E-state index contributed by atoms with van der Waals surface area (Å²) in [4.78, 5) is 8.03. The molecule has 1 aromatic heterocycles. The summed E-state index contributed by atoms with van der Waals surface area (Å²) in [6.07, 6.45) is 3.11. The fourth-order valence-corrected chi connectivity index (χ4v) is 1.49. The molecule has 0 fully saturated rings. The summed E-state index contributed by atoms with van der Waals surface area (Å²) >= 11 is 0. The molecule has 1 heterocycles. The number of nitriles is 1. The predicted molar refractivity (Wildman–Crippen MR) is 72.2 cm³/mol. The smallest absolute Gasteiger partial charge is 0.158 e. The van der Waals surface area contributed by atoms with E-state index in [1.54, 1.807) is 0 Å². The van der Waals surface area contributed by atoms with Gasteiger partial charge in [0.15, 0.2) is 5.69 Å². The van der Waals surface area contributed by atoms with E-state index in [0.717, 1.165) is 11.4 Å². The highest BCUT2D eigenvalue weighted by Crippen LogP contribution is 2.19. The number of rotatable bonds is 4. The molecule has 1 N–H and O–H groups in total. The van der Waals surface area contributed by atoms with E-state index in [4.69, 9.17) is 10.00 Å². The third-order valence-corrected chi connectivity index (χ3v) is 2.26. The molecule has 2 aromatic rings. The summed E-state index contributed by atoms with van der Waals surface area (Å²) in [5.74, 6) is 1.42. The minimum absolute atomic E-state index is 0.156. The van der Waals surface area contributed by atoms with Crippen molar-refractivity contribution in [3.05, 3.63) is 42.4 Å². The second-order valence-corrected chi connectivity index (χ2v) is 4.21. The van der Waals surface area contributed by atoms with Crippen LogP contribution in [-0.2, 0) is 0 Å². The number of ether oxygens (including phenoxy) is 1. The maximum Gasteiger partial charge on any atom is 0.158 e. The Morgan fingerprint density at radius 3 is 2.42 bits per heavy atom. The molecule has 0 aliphatic rings. The molecule has 0 saturated heterocycles. The zero-order valence-electron chi connectivity index (χ0n) is 10.8. The van der Waals surface area contributed by atoms with Gasteiger partial charge in [-0.15, -0.1) is 0 Å². The van der Waals surface area contributed by atoms with E-state index in [0.29, 0.717) is 11.5 Å². The van der Waals surface area contributed by atoms with Crippen molar-refractivity contribution in [1.29, 1.82) is 5.26 Å². The lowest BCUT2D eigenvalue weighted by Gasteiger charge is -2.10. The van der Waals surface area contributed by atoms with Crippen LogP contribution in [0.4, 0.5) is 11.5 Å². The first-order chi connectivity index (χ1) is 9.17. The second-order valence-electron chi connectivity index (χ2n) is 4.21. The van der Waals surface area contributed by atoms with E-state index in [-0.39, 0.29) is 6.10 Å². The summed E-state index contributed by atoms with van der Waals surface area (Å²) in [5, 5.41) is 11.7. The van der Waals surface area contributed by atoms with Gasteiger partial charge in [0, 0.05) is 5.69 Å². The average molecular weight is 254 g/mol. The fourth-order valence-electron chi connectivity index (χ4n) is 1.49. The van der Waals surface area contributed by atoms with Gasteiger partial charge in [-0.25, -0.2) is 9.97 Å². The van der Waals surface area contributed by atoms with Gasteiger partial charge in [-0.3, -0.25) is 0 Å². The van der Waals surface area contributed by atoms with Crippen molar-refractivity contribution < 1.29 is 4.74 Å². The van der Waals surface area contributed by atoms with Crippen LogP contribution in [0.15, 0.2) is 36.7 Å². The van der Waals surface area contributed by atoms with Gasteiger partial charge in [-0.2, -0.15) is 5.26 Å². The summed E-state index contributed by atoms with van der Waals surface area (Å²) in [6, 6.07) is 9.50. The molecule has 19 heavy (non-hydrogen) atoms. The number of benzene rings is 1. The molecule has 0 bridgehead atoms. The Hall–Kier alpha value is -2.61. The highest BCUT2D eigenvalue weighted by Gasteiger charge is 2.00.